The average molecular weight is 328 g/mol. The summed E-state index contributed by atoms with van der Waals surface area (Å²) in [5, 5.41) is 2.73. The first-order valence-corrected chi connectivity index (χ1v) is 7.50. The van der Waals surface area contributed by atoms with Crippen LogP contribution in [0.4, 0.5) is 0 Å². The molecule has 2 amide bonds. The van der Waals surface area contributed by atoms with Crippen LogP contribution in [-0.2, 0) is 0 Å². The Morgan fingerprint density at radius 1 is 1.17 bits per heavy atom. The number of carbonyl (C=O) groups excluding carboxylic acids is 2. The van der Waals surface area contributed by atoms with E-state index in [0.29, 0.717) is 0 Å². The second-order valence-corrected chi connectivity index (χ2v) is 5.52. The summed E-state index contributed by atoms with van der Waals surface area (Å²) in [4.78, 5) is 31.2. The zero-order valence-corrected chi connectivity index (χ0v) is 13.9. The van der Waals surface area contributed by atoms with Crippen molar-refractivity contribution in [2.45, 2.75) is 26.8 Å². The van der Waals surface area contributed by atoms with E-state index < -0.39 is 11.8 Å². The van der Waals surface area contributed by atoms with Crippen molar-refractivity contribution in [2.75, 3.05) is 6.61 Å². The molecule has 0 fully saturated rings. The predicted octanol–water partition coefficient (Wildman–Crippen LogP) is 1.39. The molecule has 1 atom stereocenters. The Balaban J connectivity index is 2.01. The molecule has 24 heavy (non-hydrogen) atoms. The molecule has 2 aromatic rings. The van der Waals surface area contributed by atoms with E-state index in [4.69, 9.17) is 10.5 Å². The summed E-state index contributed by atoms with van der Waals surface area (Å²) >= 11 is 0. The highest BCUT2D eigenvalue weighted by Crippen LogP contribution is 2.22. The van der Waals surface area contributed by atoms with Crippen LogP contribution in [-0.4, -0.2) is 34.4 Å². The van der Waals surface area contributed by atoms with E-state index in [-0.39, 0.29) is 24.0 Å². The van der Waals surface area contributed by atoms with Crippen molar-refractivity contribution >= 4 is 11.8 Å². The Morgan fingerprint density at radius 3 is 2.33 bits per heavy atom. The summed E-state index contributed by atoms with van der Waals surface area (Å²) < 4.78 is 5.80. The van der Waals surface area contributed by atoms with Gasteiger partial charge < -0.3 is 15.8 Å². The van der Waals surface area contributed by atoms with Gasteiger partial charge in [0, 0.05) is 12.4 Å². The minimum Gasteiger partial charge on any atom is -0.491 e. The third-order valence-electron chi connectivity index (χ3n) is 3.41. The van der Waals surface area contributed by atoms with Gasteiger partial charge >= 0.3 is 0 Å². The second kappa shape index (κ2) is 7.54. The first-order valence-electron chi connectivity index (χ1n) is 7.50. The number of hydrogen-bond acceptors (Lipinski definition) is 5. The highest BCUT2D eigenvalue weighted by Gasteiger charge is 2.19. The van der Waals surface area contributed by atoms with E-state index in [1.165, 1.54) is 12.4 Å². The Labute approximate surface area is 140 Å². The molecular weight excluding hydrogens is 308 g/mol. The molecule has 0 spiro atoms. The molecule has 0 aliphatic rings. The molecule has 1 unspecified atom stereocenters. The summed E-state index contributed by atoms with van der Waals surface area (Å²) in [6.07, 6.45) is 2.64. The number of aryl methyl sites for hydroxylation is 2. The number of ether oxygens (including phenoxy) is 1. The number of aromatic nitrogens is 2. The number of nitrogens with zero attached hydrogens (tertiary/aromatic N) is 2. The molecule has 1 aromatic carbocycles. The number of nitrogens with two attached hydrogens (primary N) is 1. The van der Waals surface area contributed by atoms with Crippen LogP contribution in [0.25, 0.3) is 0 Å². The topological polar surface area (TPSA) is 107 Å². The number of carbonyl (C=O) groups is 2. The van der Waals surface area contributed by atoms with Gasteiger partial charge in [0.2, 0.25) is 0 Å². The standard InChI is InChI=1S/C17H20N4O3/c1-10-5-4-6-11(2)15(10)24-9-12(3)21-17(23)14-13(16(18)22)19-7-8-20-14/h4-8,12H,9H2,1-3H3,(H2,18,22)(H,21,23). The number of para-hydroxylation sites is 1. The maximum absolute atomic E-state index is 12.2. The molecule has 7 heteroatoms. The Hall–Kier alpha value is -2.96. The molecular formula is C17H20N4O3. The number of hydrogen-bond donors (Lipinski definition) is 2. The number of rotatable bonds is 6. The zero-order chi connectivity index (χ0) is 17.7. The minimum absolute atomic E-state index is 0.0936. The fourth-order valence-corrected chi connectivity index (χ4v) is 2.25. The van der Waals surface area contributed by atoms with Gasteiger partial charge in [-0.05, 0) is 31.9 Å². The summed E-state index contributed by atoms with van der Waals surface area (Å²) in [6, 6.07) is 5.59. The molecule has 0 bridgehead atoms. The molecule has 0 radical (unpaired) electrons. The number of primary amides is 1. The van der Waals surface area contributed by atoms with Crippen LogP contribution >= 0.6 is 0 Å². The lowest BCUT2D eigenvalue weighted by Gasteiger charge is -2.17. The third-order valence-corrected chi connectivity index (χ3v) is 3.41. The summed E-state index contributed by atoms with van der Waals surface area (Å²) in [7, 11) is 0. The maximum atomic E-state index is 12.2. The van der Waals surface area contributed by atoms with Gasteiger partial charge in [-0.1, -0.05) is 18.2 Å². The van der Waals surface area contributed by atoms with E-state index in [1.54, 1.807) is 6.92 Å². The zero-order valence-electron chi connectivity index (χ0n) is 13.9. The minimum atomic E-state index is -0.798. The van der Waals surface area contributed by atoms with Crippen LogP contribution < -0.4 is 15.8 Å². The lowest BCUT2D eigenvalue weighted by atomic mass is 10.1. The van der Waals surface area contributed by atoms with E-state index >= 15 is 0 Å². The molecule has 0 saturated heterocycles. The quantitative estimate of drug-likeness (QED) is 0.833. The SMILES string of the molecule is Cc1cccc(C)c1OCC(C)NC(=O)c1nccnc1C(N)=O. The van der Waals surface area contributed by atoms with Gasteiger partial charge in [-0.15, -0.1) is 0 Å². The van der Waals surface area contributed by atoms with Crippen molar-refractivity contribution in [1.82, 2.24) is 15.3 Å². The van der Waals surface area contributed by atoms with E-state index in [2.05, 4.69) is 15.3 Å². The Bertz CT molecular complexity index is 741. The predicted molar refractivity (Wildman–Crippen MR) is 88.9 cm³/mol. The molecule has 3 N–H and O–H groups in total. The molecule has 2 rings (SSSR count). The number of benzene rings is 1. The van der Waals surface area contributed by atoms with E-state index in [9.17, 15) is 9.59 Å². The van der Waals surface area contributed by atoms with Crippen LogP contribution in [0, 0.1) is 13.8 Å². The van der Waals surface area contributed by atoms with Crippen molar-refractivity contribution in [2.24, 2.45) is 5.73 Å². The first kappa shape index (κ1) is 17.4. The fraction of sp³-hybridized carbons (Fsp3) is 0.294. The third kappa shape index (κ3) is 4.07. The largest absolute Gasteiger partial charge is 0.491 e. The summed E-state index contributed by atoms with van der Waals surface area (Å²) in [6.45, 7) is 6.00. The van der Waals surface area contributed by atoms with Gasteiger partial charge in [0.15, 0.2) is 11.4 Å². The molecule has 0 aliphatic heterocycles. The van der Waals surface area contributed by atoms with Crippen molar-refractivity contribution in [3.8, 4) is 5.75 Å². The van der Waals surface area contributed by atoms with Crippen LogP contribution in [0.5, 0.6) is 5.75 Å². The molecule has 7 nitrogen and oxygen atoms in total. The smallest absolute Gasteiger partial charge is 0.272 e. The van der Waals surface area contributed by atoms with E-state index in [0.717, 1.165) is 16.9 Å². The lowest BCUT2D eigenvalue weighted by Crippen LogP contribution is -2.38. The van der Waals surface area contributed by atoms with E-state index in [1.807, 2.05) is 32.0 Å². The molecule has 0 aliphatic carbocycles. The van der Waals surface area contributed by atoms with Crippen LogP contribution in [0.1, 0.15) is 39.0 Å². The average Bonchev–Trinajstić information content (AvgIpc) is 2.54. The summed E-state index contributed by atoms with van der Waals surface area (Å²) in [5.41, 5.74) is 7.01. The molecule has 0 saturated carbocycles. The molecule has 1 heterocycles. The molecule has 126 valence electrons. The van der Waals surface area contributed by atoms with Gasteiger partial charge in [-0.3, -0.25) is 9.59 Å². The van der Waals surface area contributed by atoms with Gasteiger partial charge in [0.05, 0.1) is 6.04 Å². The Morgan fingerprint density at radius 2 is 1.75 bits per heavy atom. The number of nitrogens with one attached hydrogen (secondary N) is 1. The second-order valence-electron chi connectivity index (χ2n) is 5.52. The maximum Gasteiger partial charge on any atom is 0.272 e. The van der Waals surface area contributed by atoms with Crippen LogP contribution in [0.15, 0.2) is 30.6 Å². The van der Waals surface area contributed by atoms with Gasteiger partial charge in [0.25, 0.3) is 11.8 Å². The monoisotopic (exact) mass is 328 g/mol. The fourth-order valence-electron chi connectivity index (χ4n) is 2.25. The van der Waals surface area contributed by atoms with Crippen molar-refractivity contribution in [1.29, 1.82) is 0 Å². The summed E-state index contributed by atoms with van der Waals surface area (Å²) in [5.74, 6) is -0.516. The van der Waals surface area contributed by atoms with Crippen LogP contribution in [0.3, 0.4) is 0 Å². The molecule has 1 aromatic heterocycles. The van der Waals surface area contributed by atoms with Crippen LogP contribution in [0.2, 0.25) is 0 Å². The van der Waals surface area contributed by atoms with Gasteiger partial charge in [-0.25, -0.2) is 9.97 Å². The normalized spacial score (nSPS) is 11.6. The Kier molecular flexibility index (Phi) is 5.47. The lowest BCUT2D eigenvalue weighted by molar-refractivity contribution is 0.0906. The van der Waals surface area contributed by atoms with Crippen molar-refractivity contribution in [3.05, 3.63) is 53.1 Å². The van der Waals surface area contributed by atoms with Gasteiger partial charge in [0.1, 0.15) is 12.4 Å². The van der Waals surface area contributed by atoms with Crippen molar-refractivity contribution in [3.63, 3.8) is 0 Å². The number of amides is 2. The van der Waals surface area contributed by atoms with Crippen molar-refractivity contribution < 1.29 is 14.3 Å². The highest BCUT2D eigenvalue weighted by molar-refractivity contribution is 6.04. The highest BCUT2D eigenvalue weighted by atomic mass is 16.5. The van der Waals surface area contributed by atoms with Gasteiger partial charge in [-0.2, -0.15) is 0 Å². The first-order chi connectivity index (χ1) is 11.4.